The highest BCUT2D eigenvalue weighted by Crippen LogP contribution is 2.34. The lowest BCUT2D eigenvalue weighted by molar-refractivity contribution is 0.0605. The van der Waals surface area contributed by atoms with Crippen molar-refractivity contribution >= 4 is 49.1 Å². The van der Waals surface area contributed by atoms with Crippen LogP contribution in [-0.2, 0) is 14.8 Å². The number of rotatable bonds is 4. The first-order chi connectivity index (χ1) is 11.8. The lowest BCUT2D eigenvalue weighted by Crippen LogP contribution is -2.11. The molecule has 0 aliphatic rings. The summed E-state index contributed by atoms with van der Waals surface area (Å²) in [6, 6.07) is 5.96. The molecule has 1 aromatic carbocycles. The number of ether oxygens (including phenoxy) is 1. The van der Waals surface area contributed by atoms with Gasteiger partial charge in [0.25, 0.3) is 0 Å². The van der Waals surface area contributed by atoms with Gasteiger partial charge in [0.1, 0.15) is 21.9 Å². The number of hydrogen-bond acceptors (Lipinski definition) is 8. The van der Waals surface area contributed by atoms with Gasteiger partial charge in [0.2, 0.25) is 10.0 Å². The van der Waals surface area contributed by atoms with Gasteiger partial charge in [0.05, 0.1) is 17.4 Å². The highest BCUT2D eigenvalue weighted by molar-refractivity contribution is 7.89. The van der Waals surface area contributed by atoms with Gasteiger partial charge in [0, 0.05) is 5.69 Å². The standard InChI is InChI=1S/C15H14N4O4S2/c1-8-11-13(17-7-18-14(11)24-12(8)15(20)23-2)19-9-3-5-10(6-4-9)25(16,21)22/h3-7H,1-2H3,(H2,16,21,22)(H,17,18,19). The third-order valence-corrected chi connectivity index (χ3v) is 5.65. The number of thiophene rings is 1. The van der Waals surface area contributed by atoms with Gasteiger partial charge in [-0.1, -0.05) is 0 Å². The fraction of sp³-hybridized carbons (Fsp3) is 0.133. The number of nitrogens with one attached hydrogen (secondary N) is 1. The number of aromatic nitrogens is 2. The predicted octanol–water partition coefficient (Wildman–Crippen LogP) is 2.18. The molecule has 3 aromatic rings. The van der Waals surface area contributed by atoms with E-state index < -0.39 is 16.0 Å². The molecule has 0 radical (unpaired) electrons. The number of aryl methyl sites for hydroxylation is 1. The van der Waals surface area contributed by atoms with Gasteiger partial charge in [-0.25, -0.2) is 28.3 Å². The summed E-state index contributed by atoms with van der Waals surface area (Å²) in [5.41, 5.74) is 1.34. The van der Waals surface area contributed by atoms with Crippen LogP contribution < -0.4 is 10.5 Å². The Hall–Kier alpha value is -2.56. The smallest absolute Gasteiger partial charge is 0.348 e. The first kappa shape index (κ1) is 17.3. The number of fused-ring (bicyclic) bond motifs is 1. The van der Waals surface area contributed by atoms with E-state index in [4.69, 9.17) is 9.88 Å². The SMILES string of the molecule is COC(=O)c1sc2ncnc(Nc3ccc(S(N)(=O)=O)cc3)c2c1C. The number of hydrogen-bond donors (Lipinski definition) is 2. The lowest BCUT2D eigenvalue weighted by Gasteiger charge is -2.08. The van der Waals surface area contributed by atoms with Crippen LogP contribution in [0.4, 0.5) is 11.5 Å². The fourth-order valence-corrected chi connectivity index (χ4v) is 3.90. The average Bonchev–Trinajstić information content (AvgIpc) is 2.92. The second-order valence-corrected chi connectivity index (χ2v) is 7.71. The molecule has 0 saturated heterocycles. The Bertz CT molecular complexity index is 1060. The monoisotopic (exact) mass is 378 g/mol. The van der Waals surface area contributed by atoms with Crippen LogP contribution in [0.1, 0.15) is 15.2 Å². The minimum atomic E-state index is -3.75. The molecular formula is C15H14N4O4S2. The van der Waals surface area contributed by atoms with E-state index >= 15 is 0 Å². The molecule has 3 rings (SSSR count). The Morgan fingerprint density at radius 2 is 1.92 bits per heavy atom. The Morgan fingerprint density at radius 3 is 2.52 bits per heavy atom. The largest absolute Gasteiger partial charge is 0.465 e. The number of benzene rings is 1. The van der Waals surface area contributed by atoms with Gasteiger partial charge in [0.15, 0.2) is 0 Å². The molecule has 0 aliphatic carbocycles. The molecule has 2 aromatic heterocycles. The van der Waals surface area contributed by atoms with Gasteiger partial charge in [-0.3, -0.25) is 0 Å². The number of carbonyl (C=O) groups excluding carboxylic acids is 1. The molecule has 0 unspecified atom stereocenters. The molecule has 0 atom stereocenters. The Labute approximate surface area is 147 Å². The van der Waals surface area contributed by atoms with E-state index in [1.54, 1.807) is 19.1 Å². The highest BCUT2D eigenvalue weighted by Gasteiger charge is 2.19. The van der Waals surface area contributed by atoms with Crippen molar-refractivity contribution in [2.75, 3.05) is 12.4 Å². The van der Waals surface area contributed by atoms with Crippen LogP contribution in [0.5, 0.6) is 0 Å². The van der Waals surface area contributed by atoms with E-state index in [0.717, 1.165) is 5.56 Å². The lowest BCUT2D eigenvalue weighted by atomic mass is 10.2. The number of nitrogens with two attached hydrogens (primary N) is 1. The quantitative estimate of drug-likeness (QED) is 0.667. The van der Waals surface area contributed by atoms with Crippen molar-refractivity contribution < 1.29 is 17.9 Å². The Kier molecular flexibility index (Phi) is 4.41. The maximum absolute atomic E-state index is 11.9. The van der Waals surface area contributed by atoms with Crippen molar-refractivity contribution in [3.05, 3.63) is 41.0 Å². The molecule has 10 heteroatoms. The zero-order valence-corrected chi connectivity index (χ0v) is 14.9. The fourth-order valence-electron chi connectivity index (χ4n) is 2.32. The number of nitrogens with zero attached hydrogens (tertiary/aromatic N) is 2. The molecule has 25 heavy (non-hydrogen) atoms. The van der Waals surface area contributed by atoms with Gasteiger partial charge >= 0.3 is 5.97 Å². The number of anilines is 2. The van der Waals surface area contributed by atoms with Gasteiger partial charge < -0.3 is 10.1 Å². The van der Waals surface area contributed by atoms with Crippen molar-refractivity contribution in [1.29, 1.82) is 0 Å². The summed E-state index contributed by atoms with van der Waals surface area (Å²) in [6.07, 6.45) is 1.39. The van der Waals surface area contributed by atoms with Crippen LogP contribution in [0.25, 0.3) is 10.2 Å². The first-order valence-electron chi connectivity index (χ1n) is 7.03. The van der Waals surface area contributed by atoms with Crippen LogP contribution in [0, 0.1) is 6.92 Å². The van der Waals surface area contributed by atoms with E-state index in [0.29, 0.717) is 26.6 Å². The van der Waals surface area contributed by atoms with Gasteiger partial charge in [-0.2, -0.15) is 0 Å². The van der Waals surface area contributed by atoms with E-state index in [1.807, 2.05) is 0 Å². The Morgan fingerprint density at radius 1 is 1.24 bits per heavy atom. The summed E-state index contributed by atoms with van der Waals surface area (Å²) < 4.78 is 27.4. The topological polar surface area (TPSA) is 124 Å². The maximum atomic E-state index is 11.9. The van der Waals surface area contributed by atoms with E-state index in [2.05, 4.69) is 15.3 Å². The number of sulfonamides is 1. The Balaban J connectivity index is 2.02. The molecule has 0 saturated carbocycles. The van der Waals surface area contributed by atoms with Crippen molar-refractivity contribution in [2.24, 2.45) is 5.14 Å². The van der Waals surface area contributed by atoms with Crippen molar-refractivity contribution in [3.63, 3.8) is 0 Å². The first-order valence-corrected chi connectivity index (χ1v) is 9.40. The maximum Gasteiger partial charge on any atom is 0.348 e. The minimum Gasteiger partial charge on any atom is -0.465 e. The zero-order valence-electron chi connectivity index (χ0n) is 13.3. The van der Waals surface area contributed by atoms with Crippen LogP contribution in [0.3, 0.4) is 0 Å². The highest BCUT2D eigenvalue weighted by atomic mass is 32.2. The van der Waals surface area contributed by atoms with E-state index in [-0.39, 0.29) is 4.90 Å². The third-order valence-electron chi connectivity index (χ3n) is 3.54. The molecule has 0 amide bonds. The molecule has 2 heterocycles. The summed E-state index contributed by atoms with van der Waals surface area (Å²) >= 11 is 1.23. The van der Waals surface area contributed by atoms with E-state index in [1.165, 1.54) is 36.9 Å². The zero-order chi connectivity index (χ0) is 18.2. The average molecular weight is 378 g/mol. The minimum absolute atomic E-state index is 0.0191. The van der Waals surface area contributed by atoms with Crippen molar-refractivity contribution in [3.8, 4) is 0 Å². The number of esters is 1. The molecule has 0 aliphatic heterocycles. The number of carbonyl (C=O) groups is 1. The molecular weight excluding hydrogens is 364 g/mol. The summed E-state index contributed by atoms with van der Waals surface area (Å²) in [4.78, 5) is 21.4. The summed E-state index contributed by atoms with van der Waals surface area (Å²) in [5, 5.41) is 8.90. The second kappa shape index (κ2) is 6.39. The molecule has 0 fully saturated rings. The summed E-state index contributed by atoms with van der Waals surface area (Å²) in [5.74, 6) is 0.0845. The third kappa shape index (κ3) is 3.31. The van der Waals surface area contributed by atoms with Crippen LogP contribution in [0.2, 0.25) is 0 Å². The second-order valence-electron chi connectivity index (χ2n) is 5.14. The van der Waals surface area contributed by atoms with Crippen molar-refractivity contribution in [2.45, 2.75) is 11.8 Å². The molecule has 3 N–H and O–H groups in total. The van der Waals surface area contributed by atoms with Gasteiger partial charge in [-0.05, 0) is 36.8 Å². The number of primary sulfonamides is 1. The van der Waals surface area contributed by atoms with Crippen LogP contribution in [-0.4, -0.2) is 31.5 Å². The molecule has 0 spiro atoms. The van der Waals surface area contributed by atoms with Crippen LogP contribution in [0.15, 0.2) is 35.5 Å². The van der Waals surface area contributed by atoms with Gasteiger partial charge in [-0.15, -0.1) is 11.3 Å². The van der Waals surface area contributed by atoms with E-state index in [9.17, 15) is 13.2 Å². The molecule has 8 nitrogen and oxygen atoms in total. The summed E-state index contributed by atoms with van der Waals surface area (Å²) in [7, 11) is -2.42. The normalized spacial score (nSPS) is 11.5. The van der Waals surface area contributed by atoms with Crippen LogP contribution >= 0.6 is 11.3 Å². The molecule has 130 valence electrons. The van der Waals surface area contributed by atoms with Crippen molar-refractivity contribution in [1.82, 2.24) is 9.97 Å². The molecule has 0 bridgehead atoms. The summed E-state index contributed by atoms with van der Waals surface area (Å²) in [6.45, 7) is 1.80. The number of methoxy groups -OCH3 is 1. The predicted molar refractivity (Wildman–Crippen MR) is 94.6 cm³/mol.